The Labute approximate surface area is 88.2 Å². The van der Waals surface area contributed by atoms with Crippen molar-refractivity contribution in [3.05, 3.63) is 18.0 Å². The minimum Gasteiger partial charge on any atom is -0.299 e. The predicted molar refractivity (Wildman–Crippen MR) is 56.5 cm³/mol. The first-order valence-electron chi connectivity index (χ1n) is 4.98. The van der Waals surface area contributed by atoms with Gasteiger partial charge in [0.05, 0.1) is 11.6 Å². The maximum Gasteiger partial charge on any atom is 0.165 e. The summed E-state index contributed by atoms with van der Waals surface area (Å²) < 4.78 is 1.73. The second-order valence-corrected chi connectivity index (χ2v) is 3.84. The molecule has 2 atom stereocenters. The lowest BCUT2D eigenvalue weighted by atomic mass is 9.97. The van der Waals surface area contributed by atoms with E-state index >= 15 is 0 Å². The van der Waals surface area contributed by atoms with E-state index in [1.165, 1.54) is 0 Å². The summed E-state index contributed by atoms with van der Waals surface area (Å²) >= 11 is 0. The normalized spacial score (nSPS) is 25.3. The molecule has 1 aliphatic rings. The van der Waals surface area contributed by atoms with Crippen molar-refractivity contribution in [3.8, 4) is 0 Å². The van der Waals surface area contributed by atoms with Crippen molar-refractivity contribution in [2.45, 2.75) is 19.4 Å². The summed E-state index contributed by atoms with van der Waals surface area (Å²) in [5.41, 5.74) is 3.74. The molecule has 1 aliphatic heterocycles. The molecule has 80 valence electrons. The lowest BCUT2D eigenvalue weighted by Crippen LogP contribution is -2.43. The van der Waals surface area contributed by atoms with Crippen molar-refractivity contribution < 1.29 is 4.79 Å². The first kappa shape index (κ1) is 9.89. The van der Waals surface area contributed by atoms with Crippen LogP contribution in [0.2, 0.25) is 0 Å². The van der Waals surface area contributed by atoms with Crippen LogP contribution in [0.25, 0.3) is 0 Å². The highest BCUT2D eigenvalue weighted by molar-refractivity contribution is 5.99. The number of nitrogens with zero attached hydrogens (tertiary/aromatic N) is 3. The molecule has 15 heavy (non-hydrogen) atoms. The molecule has 0 saturated carbocycles. The van der Waals surface area contributed by atoms with Gasteiger partial charge in [-0.15, -0.1) is 0 Å². The van der Waals surface area contributed by atoms with Gasteiger partial charge in [-0.3, -0.25) is 14.9 Å². The van der Waals surface area contributed by atoms with Crippen LogP contribution in [0.1, 0.15) is 12.6 Å². The Bertz CT molecular complexity index is 396. The average Bonchev–Trinajstić information content (AvgIpc) is 2.59. The number of hydrogen-bond acceptors (Lipinski definition) is 4. The molecule has 0 radical (unpaired) electrons. The highest BCUT2D eigenvalue weighted by atomic mass is 16.1. The molecule has 5 heteroatoms. The Hall–Kier alpha value is -1.65. The summed E-state index contributed by atoms with van der Waals surface area (Å²) in [7, 11) is 1.86. The molecule has 0 bridgehead atoms. The SMILES string of the molecule is CC1C=NNC(Cc2ccn(C)n2)C1=O. The second-order valence-electron chi connectivity index (χ2n) is 3.84. The zero-order valence-electron chi connectivity index (χ0n) is 8.84. The Morgan fingerprint density at radius 1 is 1.60 bits per heavy atom. The topological polar surface area (TPSA) is 59.3 Å². The van der Waals surface area contributed by atoms with Crippen molar-refractivity contribution in [2.24, 2.45) is 18.1 Å². The highest BCUT2D eigenvalue weighted by Crippen LogP contribution is 2.08. The van der Waals surface area contributed by atoms with Gasteiger partial charge in [-0.2, -0.15) is 10.2 Å². The van der Waals surface area contributed by atoms with E-state index in [2.05, 4.69) is 15.6 Å². The van der Waals surface area contributed by atoms with Crippen LogP contribution in [0.15, 0.2) is 17.4 Å². The number of rotatable bonds is 2. The number of aromatic nitrogens is 2. The Morgan fingerprint density at radius 2 is 2.40 bits per heavy atom. The van der Waals surface area contributed by atoms with Crippen LogP contribution in [0.4, 0.5) is 0 Å². The van der Waals surface area contributed by atoms with Crippen LogP contribution in [-0.2, 0) is 18.3 Å². The third-order valence-corrected chi connectivity index (χ3v) is 2.50. The second kappa shape index (κ2) is 3.84. The van der Waals surface area contributed by atoms with Crippen LogP contribution in [0, 0.1) is 5.92 Å². The molecule has 0 aliphatic carbocycles. The Balaban J connectivity index is 2.06. The van der Waals surface area contributed by atoms with Crippen molar-refractivity contribution >= 4 is 12.0 Å². The maximum atomic E-state index is 11.7. The van der Waals surface area contributed by atoms with Gasteiger partial charge < -0.3 is 0 Å². The fourth-order valence-electron chi connectivity index (χ4n) is 1.63. The monoisotopic (exact) mass is 206 g/mol. The van der Waals surface area contributed by atoms with Gasteiger partial charge in [0.2, 0.25) is 0 Å². The third kappa shape index (κ3) is 2.06. The lowest BCUT2D eigenvalue weighted by molar-refractivity contribution is -0.122. The van der Waals surface area contributed by atoms with Gasteiger partial charge in [0.25, 0.3) is 0 Å². The van der Waals surface area contributed by atoms with E-state index in [0.717, 1.165) is 5.69 Å². The molecule has 0 amide bonds. The van der Waals surface area contributed by atoms with Crippen molar-refractivity contribution in [1.82, 2.24) is 15.2 Å². The van der Waals surface area contributed by atoms with E-state index in [1.54, 1.807) is 10.9 Å². The Kier molecular flexibility index (Phi) is 2.53. The summed E-state index contributed by atoms with van der Waals surface area (Å²) in [6.07, 6.45) is 4.11. The molecule has 0 saturated heterocycles. The standard InChI is InChI=1S/C10H14N4O/c1-7-6-11-12-9(10(7)15)5-8-3-4-14(2)13-8/h3-4,6-7,9,12H,5H2,1-2H3. The van der Waals surface area contributed by atoms with E-state index < -0.39 is 0 Å². The molecule has 5 nitrogen and oxygen atoms in total. The van der Waals surface area contributed by atoms with Gasteiger partial charge in [0.15, 0.2) is 5.78 Å². The number of carbonyl (C=O) groups excluding carboxylic acids is 1. The van der Waals surface area contributed by atoms with Gasteiger partial charge in [-0.05, 0) is 6.07 Å². The molecule has 2 unspecified atom stereocenters. The molecule has 0 spiro atoms. The minimum atomic E-state index is -0.236. The van der Waals surface area contributed by atoms with Gasteiger partial charge in [-0.1, -0.05) is 6.92 Å². The molecular formula is C10H14N4O. The van der Waals surface area contributed by atoms with Crippen LogP contribution in [-0.4, -0.2) is 27.8 Å². The zero-order valence-corrected chi connectivity index (χ0v) is 8.84. The van der Waals surface area contributed by atoms with Crippen molar-refractivity contribution in [2.75, 3.05) is 0 Å². The number of ketones is 1. The first-order valence-corrected chi connectivity index (χ1v) is 4.98. The predicted octanol–water partition coefficient (Wildman–Crippen LogP) is 0.125. The van der Waals surface area contributed by atoms with Crippen LogP contribution in [0.5, 0.6) is 0 Å². The number of hydrogen-bond donors (Lipinski definition) is 1. The fourth-order valence-corrected chi connectivity index (χ4v) is 1.63. The van der Waals surface area contributed by atoms with E-state index in [1.807, 2.05) is 26.2 Å². The number of Topliss-reactive ketones (excluding diaryl/α,β-unsaturated/α-hetero) is 1. The fraction of sp³-hybridized carbons (Fsp3) is 0.500. The molecule has 1 aromatic heterocycles. The van der Waals surface area contributed by atoms with Gasteiger partial charge >= 0.3 is 0 Å². The number of aryl methyl sites for hydroxylation is 1. The summed E-state index contributed by atoms with van der Waals surface area (Å²) in [6.45, 7) is 1.86. The first-order chi connectivity index (χ1) is 7.16. The molecule has 2 heterocycles. The lowest BCUT2D eigenvalue weighted by Gasteiger charge is -2.20. The quantitative estimate of drug-likeness (QED) is 0.748. The molecule has 1 N–H and O–H groups in total. The Morgan fingerprint density at radius 3 is 3.07 bits per heavy atom. The van der Waals surface area contributed by atoms with E-state index in [0.29, 0.717) is 6.42 Å². The molecule has 1 aromatic rings. The van der Waals surface area contributed by atoms with Crippen LogP contribution >= 0.6 is 0 Å². The van der Waals surface area contributed by atoms with Gasteiger partial charge in [0, 0.05) is 25.9 Å². The number of nitrogens with one attached hydrogen (secondary N) is 1. The average molecular weight is 206 g/mol. The third-order valence-electron chi connectivity index (χ3n) is 2.50. The highest BCUT2D eigenvalue weighted by Gasteiger charge is 2.26. The van der Waals surface area contributed by atoms with Gasteiger partial charge in [0.1, 0.15) is 6.04 Å². The summed E-state index contributed by atoms with van der Waals surface area (Å²) in [6, 6.07) is 1.68. The van der Waals surface area contributed by atoms with E-state index in [4.69, 9.17) is 0 Å². The van der Waals surface area contributed by atoms with Crippen LogP contribution < -0.4 is 5.43 Å². The number of carbonyl (C=O) groups is 1. The largest absolute Gasteiger partial charge is 0.299 e. The van der Waals surface area contributed by atoms with Crippen LogP contribution in [0.3, 0.4) is 0 Å². The maximum absolute atomic E-state index is 11.7. The molecule has 0 aromatic carbocycles. The minimum absolute atomic E-state index is 0.0973. The summed E-state index contributed by atoms with van der Waals surface area (Å²) in [4.78, 5) is 11.7. The van der Waals surface area contributed by atoms with Crippen molar-refractivity contribution in [1.29, 1.82) is 0 Å². The summed E-state index contributed by atoms with van der Waals surface area (Å²) in [5, 5.41) is 8.20. The van der Waals surface area contributed by atoms with Gasteiger partial charge in [-0.25, -0.2) is 0 Å². The smallest absolute Gasteiger partial charge is 0.165 e. The molecule has 2 rings (SSSR count). The molecular weight excluding hydrogens is 192 g/mol. The van der Waals surface area contributed by atoms with Crippen molar-refractivity contribution in [3.63, 3.8) is 0 Å². The van der Waals surface area contributed by atoms with E-state index in [-0.39, 0.29) is 17.7 Å². The zero-order chi connectivity index (χ0) is 10.8. The van der Waals surface area contributed by atoms with E-state index in [9.17, 15) is 4.79 Å². The molecule has 0 fully saturated rings. The number of hydrazone groups is 1. The summed E-state index contributed by atoms with van der Waals surface area (Å²) in [5.74, 6) is 0.0793.